The molecule has 0 aliphatic carbocycles. The molecule has 320 valence electrons. The van der Waals surface area contributed by atoms with E-state index in [0.29, 0.717) is 23.0 Å². The van der Waals surface area contributed by atoms with Crippen LogP contribution in [0.1, 0.15) is 76.3 Å². The fourth-order valence-electron chi connectivity index (χ4n) is 10.6. The molecule has 14 nitrogen and oxygen atoms in total. The molecule has 1 N–H and O–H groups in total. The number of likely N-dealkylation sites (tertiary alicyclic amines) is 1. The van der Waals surface area contributed by atoms with Crippen molar-refractivity contribution < 1.29 is 19.2 Å². The number of rotatable bonds is 7. The van der Waals surface area contributed by atoms with E-state index in [4.69, 9.17) is 0 Å². The van der Waals surface area contributed by atoms with E-state index >= 15 is 0 Å². The molecule has 0 saturated carbocycles. The molecule has 62 heavy (non-hydrogen) atoms. The molecule has 1 atom stereocenters. The summed E-state index contributed by atoms with van der Waals surface area (Å²) in [6.45, 7) is 8.42. The van der Waals surface area contributed by atoms with Crippen LogP contribution < -0.4 is 25.6 Å². The van der Waals surface area contributed by atoms with Gasteiger partial charge >= 0.3 is 0 Å². The molecule has 3 aromatic carbocycles. The number of pyridine rings is 1. The Hall–Kier alpha value is -6.28. The minimum absolute atomic E-state index is 0.0394. The van der Waals surface area contributed by atoms with Crippen molar-refractivity contribution in [2.75, 3.05) is 67.6 Å². The van der Waals surface area contributed by atoms with Gasteiger partial charge in [0.1, 0.15) is 6.04 Å². The molecule has 3 fully saturated rings. The number of hydrogen-bond donors (Lipinski definition) is 1. The fourth-order valence-corrected chi connectivity index (χ4v) is 10.6. The molecule has 5 aliphatic heterocycles. The summed E-state index contributed by atoms with van der Waals surface area (Å²) >= 11 is 0. The zero-order chi connectivity index (χ0) is 43.0. The first-order valence-electron chi connectivity index (χ1n) is 22.0. The lowest BCUT2D eigenvalue weighted by molar-refractivity contribution is -0.136. The second-order valence-electron chi connectivity index (χ2n) is 18.0. The Morgan fingerprint density at radius 3 is 2.24 bits per heavy atom. The van der Waals surface area contributed by atoms with Crippen molar-refractivity contribution in [2.24, 2.45) is 20.0 Å². The topological polar surface area (TPSA) is 136 Å². The molecule has 4 amide bonds. The van der Waals surface area contributed by atoms with Gasteiger partial charge in [0.15, 0.2) is 0 Å². The van der Waals surface area contributed by atoms with Gasteiger partial charge in [0.05, 0.1) is 39.9 Å². The zero-order valence-corrected chi connectivity index (χ0v) is 35.9. The average Bonchev–Trinajstić information content (AvgIpc) is 3.82. The largest absolute Gasteiger partial charge is 0.371 e. The van der Waals surface area contributed by atoms with Crippen LogP contribution >= 0.6 is 0 Å². The molecule has 0 bridgehead atoms. The van der Waals surface area contributed by atoms with Crippen LogP contribution in [0.15, 0.2) is 71.8 Å². The first kappa shape index (κ1) is 39.8. The molecule has 5 aromatic rings. The lowest BCUT2D eigenvalue weighted by Gasteiger charge is -2.39. The number of nitrogens with one attached hydrogen (secondary N) is 1. The van der Waals surface area contributed by atoms with E-state index in [9.17, 15) is 24.0 Å². The Labute approximate surface area is 360 Å². The maximum Gasteiger partial charge on any atom is 0.262 e. The number of carbonyl (C=O) groups is 4. The van der Waals surface area contributed by atoms with Crippen molar-refractivity contribution in [3.63, 3.8) is 0 Å². The van der Waals surface area contributed by atoms with E-state index in [1.165, 1.54) is 11.3 Å². The summed E-state index contributed by atoms with van der Waals surface area (Å²) in [5.74, 6) is -0.996. The third-order valence-corrected chi connectivity index (χ3v) is 14.2. The molecule has 0 radical (unpaired) electrons. The lowest BCUT2D eigenvalue weighted by Crippen LogP contribution is -2.54. The van der Waals surface area contributed by atoms with Crippen LogP contribution in [-0.4, -0.2) is 107 Å². The number of aromatic nitrogens is 3. The molecule has 14 heteroatoms. The van der Waals surface area contributed by atoms with Crippen molar-refractivity contribution in [3.05, 3.63) is 99.6 Å². The van der Waals surface area contributed by atoms with Crippen molar-refractivity contribution >= 4 is 57.3 Å². The summed E-state index contributed by atoms with van der Waals surface area (Å²) in [4.78, 5) is 74.9. The first-order chi connectivity index (χ1) is 29.9. The Morgan fingerprint density at radius 1 is 0.726 bits per heavy atom. The number of carbonyl (C=O) groups excluding carboxylic acids is 4. The van der Waals surface area contributed by atoms with Gasteiger partial charge in [-0.2, -0.15) is 5.10 Å². The second kappa shape index (κ2) is 15.6. The predicted octanol–water partition coefficient (Wildman–Crippen LogP) is 5.33. The summed E-state index contributed by atoms with van der Waals surface area (Å²) in [5.41, 5.74) is 10.3. The highest BCUT2D eigenvalue weighted by Crippen LogP contribution is 2.44. The van der Waals surface area contributed by atoms with Crippen molar-refractivity contribution in [2.45, 2.75) is 57.4 Å². The molecule has 3 saturated heterocycles. The Morgan fingerprint density at radius 2 is 1.50 bits per heavy atom. The van der Waals surface area contributed by atoms with Gasteiger partial charge in [-0.05, 0) is 124 Å². The average molecular weight is 836 g/mol. The summed E-state index contributed by atoms with van der Waals surface area (Å²) in [5, 5.41) is 7.76. The van der Waals surface area contributed by atoms with Crippen molar-refractivity contribution in [1.82, 2.24) is 29.5 Å². The van der Waals surface area contributed by atoms with Crippen LogP contribution in [0.2, 0.25) is 0 Å². The predicted molar refractivity (Wildman–Crippen MR) is 239 cm³/mol. The van der Waals surface area contributed by atoms with Crippen LogP contribution in [0.5, 0.6) is 0 Å². The van der Waals surface area contributed by atoms with Gasteiger partial charge in [0, 0.05) is 88.7 Å². The maximum absolute atomic E-state index is 13.4. The van der Waals surface area contributed by atoms with Crippen LogP contribution in [-0.2, 0) is 23.7 Å². The summed E-state index contributed by atoms with van der Waals surface area (Å²) in [6.07, 6.45) is 8.36. The number of nitrogens with zero attached hydrogens (tertiary/aromatic N) is 8. The third kappa shape index (κ3) is 6.94. The number of anilines is 4. The number of aryl methyl sites for hydroxylation is 3. The van der Waals surface area contributed by atoms with Crippen LogP contribution in [0.4, 0.5) is 22.7 Å². The number of likely N-dealkylation sites (N-methyl/N-ethyl adjacent to an activating group) is 1. The molecule has 2 aromatic heterocycles. The minimum Gasteiger partial charge on any atom is -0.371 e. The van der Waals surface area contributed by atoms with Gasteiger partial charge in [-0.15, -0.1) is 0 Å². The smallest absolute Gasteiger partial charge is 0.262 e. The van der Waals surface area contributed by atoms with E-state index in [2.05, 4.69) is 73.5 Å². The van der Waals surface area contributed by atoms with Crippen LogP contribution in [0.3, 0.4) is 0 Å². The number of imide groups is 2. The van der Waals surface area contributed by atoms with Crippen LogP contribution in [0, 0.1) is 12.8 Å². The Balaban J connectivity index is 0.814. The van der Waals surface area contributed by atoms with E-state index in [1.807, 2.05) is 48.7 Å². The van der Waals surface area contributed by atoms with Crippen molar-refractivity contribution in [3.8, 4) is 11.1 Å². The highest BCUT2D eigenvalue weighted by molar-refractivity contribution is 6.23. The lowest BCUT2D eigenvalue weighted by atomic mass is 9.87. The minimum atomic E-state index is -0.970. The van der Waals surface area contributed by atoms with Gasteiger partial charge in [-0.3, -0.25) is 38.9 Å². The quantitative estimate of drug-likeness (QED) is 0.215. The van der Waals surface area contributed by atoms with Gasteiger partial charge in [-0.1, -0.05) is 6.07 Å². The van der Waals surface area contributed by atoms with Gasteiger partial charge in [0.2, 0.25) is 11.8 Å². The molecule has 0 spiro atoms. The molecule has 10 rings (SSSR count). The maximum atomic E-state index is 13.4. The van der Waals surface area contributed by atoms with Gasteiger partial charge < -0.3 is 24.2 Å². The normalized spacial score (nSPS) is 20.4. The highest BCUT2D eigenvalue weighted by Gasteiger charge is 2.45. The van der Waals surface area contributed by atoms with Gasteiger partial charge in [-0.25, -0.2) is 0 Å². The summed E-state index contributed by atoms with van der Waals surface area (Å²) in [6, 6.07) is 17.9. The fraction of sp³-hybridized carbons (Fsp3) is 0.417. The Kier molecular flexibility index (Phi) is 10.0. The number of piperidine rings is 3. The zero-order valence-electron chi connectivity index (χ0n) is 35.9. The van der Waals surface area contributed by atoms with E-state index in [0.717, 1.165) is 121 Å². The van der Waals surface area contributed by atoms with Gasteiger partial charge in [0.25, 0.3) is 17.4 Å². The standard InChI is InChI=1S/C48H53N9O5/c1-29-21-38-41(53(4)46(29)60)23-33(24-42(38)56-20-19-51(2)43-22-32(5-8-39(43)56)34-26-49-52(3)28-34)31-13-15-54(16-14-31)27-30-11-17-55(18-12-30)35-6-7-36-37(25-35)48(62)57(47(36)61)40-9-10-44(58)50-45(40)59/h5-8,21-26,28,30-31,40H,9-20,27H2,1-4H3,(H,50,58,59). The van der Waals surface area contributed by atoms with E-state index < -0.39 is 23.8 Å². The molecular formula is C48H53N9O5. The highest BCUT2D eigenvalue weighted by atomic mass is 16.2. The first-order valence-corrected chi connectivity index (χ1v) is 22.0. The number of benzene rings is 3. The van der Waals surface area contributed by atoms with E-state index in [-0.39, 0.29) is 24.3 Å². The van der Waals surface area contributed by atoms with Crippen molar-refractivity contribution in [1.29, 1.82) is 0 Å². The SMILES string of the molecule is Cc1cc2c(N3CCN(C)c4cc(-c5cnn(C)c5)ccc43)cc(C3CCN(CC4CCN(c5ccc6c(c5)C(=O)N(C5CCC(=O)NC5=O)C6=O)CC4)CC3)cc2n(C)c1=O. The number of hydrogen-bond acceptors (Lipinski definition) is 10. The Bertz CT molecular complexity index is 2720. The molecular weight excluding hydrogens is 783 g/mol. The third-order valence-electron chi connectivity index (χ3n) is 14.2. The van der Waals surface area contributed by atoms with E-state index in [1.54, 1.807) is 12.1 Å². The summed E-state index contributed by atoms with van der Waals surface area (Å²) in [7, 11) is 6.00. The molecule has 1 unspecified atom stereocenters. The van der Waals surface area contributed by atoms with Crippen LogP contribution in [0.25, 0.3) is 22.0 Å². The summed E-state index contributed by atoms with van der Waals surface area (Å²) < 4.78 is 3.66. The molecule has 7 heterocycles. The second-order valence-corrected chi connectivity index (χ2v) is 18.0. The monoisotopic (exact) mass is 835 g/mol. The number of fused-ring (bicyclic) bond motifs is 3. The molecule has 5 aliphatic rings. The number of amides is 4.